The summed E-state index contributed by atoms with van der Waals surface area (Å²) in [6.45, 7) is 3.65. The molecule has 3 rings (SSSR count). The lowest BCUT2D eigenvalue weighted by Gasteiger charge is -2.14. The highest BCUT2D eigenvalue weighted by molar-refractivity contribution is 6.16. The van der Waals surface area contributed by atoms with Crippen molar-refractivity contribution < 1.29 is 19.1 Å². The lowest BCUT2D eigenvalue weighted by Crippen LogP contribution is -2.14. The van der Waals surface area contributed by atoms with E-state index in [2.05, 4.69) is 11.6 Å². The molecular weight excluding hydrogens is 336 g/mol. The van der Waals surface area contributed by atoms with Gasteiger partial charge in [-0.25, -0.2) is 0 Å². The number of hydrogen-bond acceptors (Lipinski definition) is 6. The first-order valence-electron chi connectivity index (χ1n) is 7.60. The molecule has 2 heterocycles. The molecule has 0 atom stereocenters. The highest BCUT2D eigenvalue weighted by atomic mass is 16.5. The van der Waals surface area contributed by atoms with Gasteiger partial charge in [-0.1, -0.05) is 6.08 Å². The standard InChI is InChI=1S/C19H14N2O5/c1-3-4-12-16(23)14(18(25-2)13-5-6-26-17(12)13)15(22)11-7-10(8-20)19(24)21-9-11/h3,5-7,9,23H,1,4H2,2H3,(H,21,24). The van der Waals surface area contributed by atoms with Crippen LogP contribution in [0.4, 0.5) is 0 Å². The molecule has 0 aliphatic carbocycles. The van der Waals surface area contributed by atoms with Gasteiger partial charge in [0.1, 0.15) is 34.3 Å². The summed E-state index contributed by atoms with van der Waals surface area (Å²) in [5.74, 6) is -0.742. The van der Waals surface area contributed by atoms with Crippen LogP contribution in [0, 0.1) is 11.3 Å². The number of H-pyrrole nitrogens is 1. The fraction of sp³-hybridized carbons (Fsp3) is 0.105. The van der Waals surface area contributed by atoms with Crippen LogP contribution in [0.25, 0.3) is 11.0 Å². The molecule has 0 saturated carbocycles. The Bertz CT molecular complexity index is 1130. The third kappa shape index (κ3) is 2.54. The quantitative estimate of drug-likeness (QED) is 0.540. The van der Waals surface area contributed by atoms with Crippen molar-refractivity contribution in [2.75, 3.05) is 7.11 Å². The molecule has 7 nitrogen and oxygen atoms in total. The predicted octanol–water partition coefficient (Wildman–Crippen LogP) is 2.67. The summed E-state index contributed by atoms with van der Waals surface area (Å²) in [6, 6.07) is 4.53. The van der Waals surface area contributed by atoms with Gasteiger partial charge in [0.25, 0.3) is 5.56 Å². The second kappa shape index (κ2) is 6.61. The molecule has 0 fully saturated rings. The van der Waals surface area contributed by atoms with E-state index in [1.807, 2.05) is 0 Å². The van der Waals surface area contributed by atoms with Gasteiger partial charge >= 0.3 is 0 Å². The maximum atomic E-state index is 13.0. The first-order valence-corrected chi connectivity index (χ1v) is 7.60. The minimum atomic E-state index is -0.599. The Morgan fingerprint density at radius 2 is 2.31 bits per heavy atom. The fourth-order valence-corrected chi connectivity index (χ4v) is 2.82. The van der Waals surface area contributed by atoms with Crippen molar-refractivity contribution in [3.8, 4) is 17.6 Å². The van der Waals surface area contributed by atoms with E-state index < -0.39 is 11.3 Å². The van der Waals surface area contributed by atoms with Gasteiger partial charge < -0.3 is 19.2 Å². The van der Waals surface area contributed by atoms with E-state index in [1.165, 1.54) is 25.6 Å². The van der Waals surface area contributed by atoms with Gasteiger partial charge in [0.15, 0.2) is 0 Å². The number of carbonyl (C=O) groups excluding carboxylic acids is 1. The normalized spacial score (nSPS) is 10.5. The largest absolute Gasteiger partial charge is 0.507 e. The van der Waals surface area contributed by atoms with E-state index in [1.54, 1.807) is 18.2 Å². The number of hydrogen-bond donors (Lipinski definition) is 2. The molecule has 0 saturated heterocycles. The highest BCUT2D eigenvalue weighted by Crippen LogP contribution is 2.42. The second-order valence-corrected chi connectivity index (χ2v) is 5.46. The average molecular weight is 350 g/mol. The van der Waals surface area contributed by atoms with Gasteiger partial charge in [-0.2, -0.15) is 5.26 Å². The summed E-state index contributed by atoms with van der Waals surface area (Å²) in [5.41, 5.74) is -0.0386. The molecular formula is C19H14N2O5. The van der Waals surface area contributed by atoms with Crippen molar-refractivity contribution >= 4 is 16.8 Å². The van der Waals surface area contributed by atoms with Crippen LogP contribution in [0.1, 0.15) is 27.0 Å². The zero-order valence-electron chi connectivity index (χ0n) is 13.8. The molecule has 0 unspecified atom stereocenters. The predicted molar refractivity (Wildman–Crippen MR) is 93.5 cm³/mol. The number of furan rings is 1. The van der Waals surface area contributed by atoms with E-state index in [9.17, 15) is 14.7 Å². The van der Waals surface area contributed by atoms with E-state index in [0.29, 0.717) is 16.5 Å². The molecule has 1 aromatic carbocycles. The third-order valence-electron chi connectivity index (χ3n) is 4.00. The Morgan fingerprint density at radius 3 is 2.96 bits per heavy atom. The topological polar surface area (TPSA) is 116 Å². The molecule has 7 heteroatoms. The Balaban J connectivity index is 2.31. The SMILES string of the molecule is C=CCc1c(O)c(C(=O)c2c[nH]c(=O)c(C#N)c2)c(OC)c2ccoc12. The average Bonchev–Trinajstić information content (AvgIpc) is 3.12. The lowest BCUT2D eigenvalue weighted by molar-refractivity contribution is 0.103. The Labute approximate surface area is 147 Å². The number of nitrogens with one attached hydrogen (secondary N) is 1. The van der Waals surface area contributed by atoms with Crippen LogP contribution in [0.2, 0.25) is 0 Å². The second-order valence-electron chi connectivity index (χ2n) is 5.46. The number of pyridine rings is 1. The van der Waals surface area contributed by atoms with E-state index in [4.69, 9.17) is 14.4 Å². The number of rotatable bonds is 5. The fourth-order valence-electron chi connectivity index (χ4n) is 2.82. The lowest BCUT2D eigenvalue weighted by atomic mass is 9.95. The maximum Gasteiger partial charge on any atom is 0.265 e. The molecule has 0 aliphatic rings. The molecule has 2 aromatic heterocycles. The number of ether oxygens (including phenoxy) is 1. The monoisotopic (exact) mass is 350 g/mol. The number of nitriles is 1. The summed E-state index contributed by atoms with van der Waals surface area (Å²) < 4.78 is 10.8. The highest BCUT2D eigenvalue weighted by Gasteiger charge is 2.27. The number of aromatic amines is 1. The number of nitrogens with zero attached hydrogens (tertiary/aromatic N) is 1. The van der Waals surface area contributed by atoms with Crippen molar-refractivity contribution in [1.82, 2.24) is 4.98 Å². The van der Waals surface area contributed by atoms with Gasteiger partial charge in [-0.15, -0.1) is 6.58 Å². The summed E-state index contributed by atoms with van der Waals surface area (Å²) in [7, 11) is 1.37. The van der Waals surface area contributed by atoms with Crippen molar-refractivity contribution in [2.24, 2.45) is 0 Å². The zero-order valence-corrected chi connectivity index (χ0v) is 13.8. The van der Waals surface area contributed by atoms with Crippen LogP contribution < -0.4 is 10.3 Å². The summed E-state index contributed by atoms with van der Waals surface area (Å²) in [6.07, 6.45) is 4.47. The van der Waals surface area contributed by atoms with Crippen LogP contribution in [0.15, 0.2) is 46.5 Å². The van der Waals surface area contributed by atoms with Crippen molar-refractivity contribution in [2.45, 2.75) is 6.42 Å². The number of aromatic hydroxyl groups is 1. The summed E-state index contributed by atoms with van der Waals surface area (Å²) in [5, 5.41) is 20.2. The third-order valence-corrected chi connectivity index (χ3v) is 4.00. The molecule has 0 bridgehead atoms. The maximum absolute atomic E-state index is 13.0. The minimum absolute atomic E-state index is 0.0437. The van der Waals surface area contributed by atoms with Gasteiger partial charge in [-0.3, -0.25) is 9.59 Å². The van der Waals surface area contributed by atoms with Gasteiger partial charge in [0, 0.05) is 17.3 Å². The van der Waals surface area contributed by atoms with Crippen molar-refractivity contribution in [1.29, 1.82) is 5.26 Å². The Hall–Kier alpha value is -3.79. The number of fused-ring (bicyclic) bond motifs is 1. The molecule has 2 N–H and O–H groups in total. The smallest absolute Gasteiger partial charge is 0.265 e. The number of methoxy groups -OCH3 is 1. The molecule has 26 heavy (non-hydrogen) atoms. The van der Waals surface area contributed by atoms with Gasteiger partial charge in [-0.05, 0) is 18.6 Å². The van der Waals surface area contributed by atoms with Crippen LogP contribution in [-0.4, -0.2) is 23.0 Å². The Morgan fingerprint density at radius 1 is 1.54 bits per heavy atom. The first kappa shape index (κ1) is 17.0. The summed E-state index contributed by atoms with van der Waals surface area (Å²) >= 11 is 0. The number of phenolic OH excluding ortho intramolecular Hbond substituents is 1. The molecule has 0 amide bonds. The summed E-state index contributed by atoms with van der Waals surface area (Å²) in [4.78, 5) is 26.9. The van der Waals surface area contributed by atoms with Crippen molar-refractivity contribution in [3.05, 3.63) is 69.9 Å². The first-order chi connectivity index (χ1) is 12.5. The van der Waals surface area contributed by atoms with Crippen LogP contribution in [0.5, 0.6) is 11.5 Å². The number of carbonyl (C=O) groups is 1. The van der Waals surface area contributed by atoms with Crippen molar-refractivity contribution in [3.63, 3.8) is 0 Å². The van der Waals surface area contributed by atoms with E-state index in [0.717, 1.165) is 0 Å². The number of benzene rings is 1. The molecule has 0 spiro atoms. The zero-order chi connectivity index (χ0) is 18.8. The van der Waals surface area contributed by atoms with Crippen LogP contribution >= 0.6 is 0 Å². The van der Waals surface area contributed by atoms with Crippen LogP contribution in [0.3, 0.4) is 0 Å². The molecule has 3 aromatic rings. The van der Waals surface area contributed by atoms with E-state index in [-0.39, 0.29) is 34.6 Å². The van der Waals surface area contributed by atoms with Crippen LogP contribution in [-0.2, 0) is 6.42 Å². The van der Waals surface area contributed by atoms with E-state index >= 15 is 0 Å². The minimum Gasteiger partial charge on any atom is -0.507 e. The number of allylic oxidation sites excluding steroid dienone is 1. The number of phenols is 1. The number of aromatic nitrogens is 1. The molecule has 0 radical (unpaired) electrons. The number of ketones is 1. The molecule has 130 valence electrons. The van der Waals surface area contributed by atoms with Gasteiger partial charge in [0.05, 0.1) is 18.8 Å². The van der Waals surface area contributed by atoms with Gasteiger partial charge in [0.2, 0.25) is 5.78 Å². The Kier molecular flexibility index (Phi) is 4.33. The molecule has 0 aliphatic heterocycles.